The number of anilines is 4. The summed E-state index contributed by atoms with van der Waals surface area (Å²) in [6, 6.07) is 37.1. The van der Waals surface area contributed by atoms with Crippen LogP contribution in [0, 0.1) is 51.0 Å². The molecule has 4 aromatic heterocycles. The van der Waals surface area contributed by atoms with Crippen LogP contribution >= 0.6 is 0 Å². The molecule has 4 saturated carbocycles. The summed E-state index contributed by atoms with van der Waals surface area (Å²) in [4.78, 5) is 66.5. The van der Waals surface area contributed by atoms with Gasteiger partial charge < -0.3 is 39.2 Å². The van der Waals surface area contributed by atoms with Gasteiger partial charge in [0.15, 0.2) is 23.3 Å². The van der Waals surface area contributed by atoms with Gasteiger partial charge in [-0.3, -0.25) is 19.2 Å². The standard InChI is InChI=1S/2C21H25FN4O.2C20H23FN4O/c2*1-14-3-8-20(24-23-14)25-9-10-26(15(2)13-25)21(27)12-18-7-6-17(11-19(18)22)16-4-5-16;2*1-14-2-7-19(23-22-14)24-8-10-25(11-9-24)20(26)13-17-6-5-16(12-18(17)21)15-3-4-15/h2*3,6-8,11,15-16H,4-5,9-10,12-13H2,1-2H3;2*2,5-7,12,15H,3-4,8-11,13H2,1H3/t2*15-;;/m10../s1. The van der Waals surface area contributed by atoms with Gasteiger partial charge in [0.1, 0.15) is 23.3 Å². The number of hydrogen-bond acceptors (Lipinski definition) is 16. The van der Waals surface area contributed by atoms with Gasteiger partial charge in [0.25, 0.3) is 0 Å². The lowest BCUT2D eigenvalue weighted by molar-refractivity contribution is -0.133. The molecule has 8 heterocycles. The summed E-state index contributed by atoms with van der Waals surface area (Å²) in [5.74, 6) is 4.33. The summed E-state index contributed by atoms with van der Waals surface area (Å²) in [7, 11) is 0. The van der Waals surface area contributed by atoms with Crippen molar-refractivity contribution in [2.45, 2.75) is 154 Å². The summed E-state index contributed by atoms with van der Waals surface area (Å²) in [6.07, 6.45) is 9.64. The van der Waals surface area contributed by atoms with Crippen LogP contribution in [0.5, 0.6) is 0 Å². The topological polar surface area (TPSA) is 197 Å². The van der Waals surface area contributed by atoms with Crippen molar-refractivity contribution < 1.29 is 36.7 Å². The lowest BCUT2D eigenvalue weighted by Crippen LogP contribution is -2.54. The van der Waals surface area contributed by atoms with Gasteiger partial charge in [-0.1, -0.05) is 48.5 Å². The minimum atomic E-state index is -0.256. The van der Waals surface area contributed by atoms with E-state index in [0.717, 1.165) is 120 Å². The fourth-order valence-electron chi connectivity index (χ4n) is 14.3. The number of rotatable bonds is 16. The zero-order chi connectivity index (χ0) is 74.1. The Hall–Kier alpha value is -10.0. The Morgan fingerprint density at radius 2 is 0.557 bits per heavy atom. The Labute approximate surface area is 618 Å². The number of carbonyl (C=O) groups is 4. The van der Waals surface area contributed by atoms with Crippen LogP contribution in [0.25, 0.3) is 0 Å². The number of hydrogen-bond donors (Lipinski definition) is 0. The summed E-state index contributed by atoms with van der Waals surface area (Å²) in [5.41, 5.74) is 9.75. The van der Waals surface area contributed by atoms with Crippen LogP contribution in [0.4, 0.5) is 40.8 Å². The van der Waals surface area contributed by atoms with Crippen molar-refractivity contribution in [2.24, 2.45) is 0 Å². The first kappa shape index (κ1) is 74.3. The van der Waals surface area contributed by atoms with Crippen molar-refractivity contribution >= 4 is 46.9 Å². The zero-order valence-corrected chi connectivity index (χ0v) is 61.7. The van der Waals surface area contributed by atoms with Gasteiger partial charge in [0, 0.05) is 104 Å². The largest absolute Gasteiger partial charge is 0.352 e. The number of aryl methyl sites for hydroxylation is 4. The Balaban J connectivity index is 0.000000125. The highest BCUT2D eigenvalue weighted by Crippen LogP contribution is 2.43. The van der Waals surface area contributed by atoms with E-state index in [1.54, 1.807) is 48.5 Å². The molecular formula is C82H96F4N16O4. The molecule has 4 aliphatic heterocycles. The van der Waals surface area contributed by atoms with Gasteiger partial charge in [-0.15, -0.1) is 20.4 Å². The van der Waals surface area contributed by atoms with Gasteiger partial charge in [0.05, 0.1) is 48.5 Å². The first-order chi connectivity index (χ1) is 51.2. The molecule has 0 unspecified atom stereocenters. The minimum Gasteiger partial charge on any atom is -0.352 e. The molecule has 20 nitrogen and oxygen atoms in total. The molecular weight excluding hydrogens is 1350 g/mol. The van der Waals surface area contributed by atoms with E-state index in [0.29, 0.717) is 138 Å². The summed E-state index contributed by atoms with van der Waals surface area (Å²) in [6.45, 7) is 21.1. The van der Waals surface area contributed by atoms with Gasteiger partial charge in [-0.05, 0) is 234 Å². The van der Waals surface area contributed by atoms with E-state index < -0.39 is 0 Å². The monoisotopic (exact) mass is 1440 g/mol. The predicted octanol–water partition coefficient (Wildman–Crippen LogP) is 11.5. The van der Waals surface area contributed by atoms with E-state index in [9.17, 15) is 36.7 Å². The second-order valence-corrected chi connectivity index (χ2v) is 29.8. The van der Waals surface area contributed by atoms with Crippen LogP contribution in [-0.4, -0.2) is 188 Å². The molecule has 0 N–H and O–H groups in total. The molecule has 0 spiro atoms. The van der Waals surface area contributed by atoms with Crippen molar-refractivity contribution in [3.05, 3.63) is 212 Å². The highest BCUT2D eigenvalue weighted by molar-refractivity contribution is 5.81. The van der Waals surface area contributed by atoms with E-state index in [4.69, 9.17) is 0 Å². The van der Waals surface area contributed by atoms with Crippen molar-refractivity contribution in [3.63, 3.8) is 0 Å². The van der Waals surface area contributed by atoms with Crippen LogP contribution in [0.15, 0.2) is 121 Å². The first-order valence-corrected chi connectivity index (χ1v) is 37.7. The maximum Gasteiger partial charge on any atom is 0.227 e. The molecule has 0 bridgehead atoms. The molecule has 24 heteroatoms. The lowest BCUT2D eigenvalue weighted by atomic mass is 10.0. The molecule has 4 aliphatic carbocycles. The molecule has 4 amide bonds. The Morgan fingerprint density at radius 3 is 0.783 bits per heavy atom. The third-order valence-corrected chi connectivity index (χ3v) is 21.5. The number of aromatic nitrogens is 8. The van der Waals surface area contributed by atoms with E-state index in [1.165, 1.54) is 0 Å². The Morgan fingerprint density at radius 1 is 0.311 bits per heavy atom. The van der Waals surface area contributed by atoms with E-state index in [2.05, 4.69) is 60.4 Å². The second kappa shape index (κ2) is 33.6. The minimum absolute atomic E-state index is 0.0160. The van der Waals surface area contributed by atoms with E-state index in [-0.39, 0.29) is 84.7 Å². The first-order valence-electron chi connectivity index (χ1n) is 37.7. The van der Waals surface area contributed by atoms with Crippen molar-refractivity contribution in [1.82, 2.24) is 60.4 Å². The molecule has 4 saturated heterocycles. The quantitative estimate of drug-likeness (QED) is 0.0827. The molecule has 8 aromatic rings. The van der Waals surface area contributed by atoms with E-state index in [1.807, 2.05) is 134 Å². The summed E-state index contributed by atoms with van der Waals surface area (Å²) >= 11 is 0. The molecule has 2 atom stereocenters. The highest BCUT2D eigenvalue weighted by atomic mass is 19.1. The highest BCUT2D eigenvalue weighted by Gasteiger charge is 2.34. The molecule has 0 radical (unpaired) electrons. The average molecular weight is 1450 g/mol. The number of piperazine rings is 4. The molecule has 556 valence electrons. The molecule has 8 aliphatic rings. The summed E-state index contributed by atoms with van der Waals surface area (Å²) in [5, 5.41) is 33.3. The normalized spacial score (nSPS) is 18.8. The van der Waals surface area contributed by atoms with Gasteiger partial charge >= 0.3 is 0 Å². The van der Waals surface area contributed by atoms with Gasteiger partial charge in [-0.2, -0.15) is 20.4 Å². The maximum atomic E-state index is 14.4. The van der Waals surface area contributed by atoms with Gasteiger partial charge in [0.2, 0.25) is 23.6 Å². The molecule has 8 fully saturated rings. The summed E-state index contributed by atoms with van der Waals surface area (Å²) < 4.78 is 57.3. The number of halogens is 4. The predicted molar refractivity (Wildman–Crippen MR) is 400 cm³/mol. The average Bonchev–Trinajstić information content (AvgIpc) is 0.990. The van der Waals surface area contributed by atoms with Crippen LogP contribution in [0.3, 0.4) is 0 Å². The number of benzene rings is 4. The molecule has 106 heavy (non-hydrogen) atoms. The number of carbonyl (C=O) groups excluding carboxylic acids is 4. The van der Waals surface area contributed by atoms with Crippen LogP contribution in [-0.2, 0) is 44.9 Å². The Kier molecular flexibility index (Phi) is 23.6. The van der Waals surface area contributed by atoms with Crippen LogP contribution in [0.1, 0.15) is 156 Å². The fourth-order valence-corrected chi connectivity index (χ4v) is 14.3. The van der Waals surface area contributed by atoms with E-state index >= 15 is 0 Å². The zero-order valence-electron chi connectivity index (χ0n) is 61.7. The lowest BCUT2D eigenvalue weighted by Gasteiger charge is -2.40. The number of nitrogens with zero attached hydrogens (tertiary/aromatic N) is 16. The maximum absolute atomic E-state index is 14.4. The van der Waals surface area contributed by atoms with Crippen LogP contribution in [0.2, 0.25) is 0 Å². The smallest absolute Gasteiger partial charge is 0.227 e. The van der Waals surface area contributed by atoms with Crippen molar-refractivity contribution in [3.8, 4) is 0 Å². The molecule has 4 aromatic carbocycles. The van der Waals surface area contributed by atoms with Crippen molar-refractivity contribution in [1.29, 1.82) is 0 Å². The Bertz CT molecular complexity index is 4090. The third-order valence-electron chi connectivity index (χ3n) is 21.5. The van der Waals surface area contributed by atoms with Crippen molar-refractivity contribution in [2.75, 3.05) is 111 Å². The van der Waals surface area contributed by atoms with Crippen LogP contribution < -0.4 is 19.6 Å². The van der Waals surface area contributed by atoms with Gasteiger partial charge in [-0.25, -0.2) is 17.6 Å². The molecule has 16 rings (SSSR count). The third kappa shape index (κ3) is 19.5. The second-order valence-electron chi connectivity index (χ2n) is 29.8. The number of amides is 4. The fraction of sp³-hybridized carbons (Fsp3) is 0.463. The SMILES string of the molecule is Cc1ccc(N2CCN(C(=O)Cc3ccc(C4CC4)cc3F)CC2)nn1.Cc1ccc(N2CCN(C(=O)Cc3ccc(C4CC4)cc3F)CC2)nn1.Cc1ccc(N2CCN(C(=O)Cc3ccc(C4CC4)cc3F)[C@@H](C)C2)nn1.Cc1ccc(N2CCN(C(=O)Cc3ccc(C4CC4)cc3F)[C@H](C)C2)nn1.